The topological polar surface area (TPSA) is 9.23 Å². The average Bonchev–Trinajstić information content (AvgIpc) is 2.67. The third-order valence-electron chi connectivity index (χ3n) is 3.31. The first-order chi connectivity index (χ1) is 7.59. The molecule has 1 saturated heterocycles. The molecule has 0 aliphatic carbocycles. The predicted octanol–water partition coefficient (Wildman–Crippen LogP) is 3.84. The summed E-state index contributed by atoms with van der Waals surface area (Å²) in [4.78, 5) is 0. The van der Waals surface area contributed by atoms with E-state index in [1.165, 1.54) is 6.07 Å². The maximum atomic E-state index is 13.1. The van der Waals surface area contributed by atoms with Crippen LogP contribution < -0.4 is 0 Å². The molecule has 1 heterocycles. The highest BCUT2D eigenvalue weighted by Gasteiger charge is 2.31. The van der Waals surface area contributed by atoms with Crippen LogP contribution in [0, 0.1) is 18.7 Å². The molecule has 0 aromatic heterocycles. The van der Waals surface area contributed by atoms with Crippen LogP contribution in [0.25, 0.3) is 0 Å². The smallest absolute Gasteiger partial charge is 0.126 e. The Hall–Kier alpha value is -0.600. The van der Waals surface area contributed by atoms with Crippen LogP contribution in [0.15, 0.2) is 18.2 Å². The SMILES string of the molecule is Cc1cc(C(Cl)C2CCOC2C)ccc1F. The molecule has 88 valence electrons. The fourth-order valence-electron chi connectivity index (χ4n) is 2.22. The first kappa shape index (κ1) is 11.9. The number of benzene rings is 1. The Labute approximate surface area is 101 Å². The van der Waals surface area contributed by atoms with Gasteiger partial charge in [-0.15, -0.1) is 11.6 Å². The Morgan fingerprint density at radius 2 is 2.25 bits per heavy atom. The van der Waals surface area contributed by atoms with Crippen LogP contribution in [-0.2, 0) is 4.74 Å². The highest BCUT2D eigenvalue weighted by Crippen LogP contribution is 2.38. The predicted molar refractivity (Wildman–Crippen MR) is 63.3 cm³/mol. The molecule has 3 atom stereocenters. The summed E-state index contributed by atoms with van der Waals surface area (Å²) in [5.74, 6) is 0.148. The van der Waals surface area contributed by atoms with Crippen LogP contribution in [-0.4, -0.2) is 12.7 Å². The minimum absolute atomic E-state index is 0.0863. The highest BCUT2D eigenvalue weighted by atomic mass is 35.5. The van der Waals surface area contributed by atoms with Crippen LogP contribution in [0.4, 0.5) is 4.39 Å². The standard InChI is InChI=1S/C13H16ClFO/c1-8-7-10(3-4-12(8)15)13(14)11-5-6-16-9(11)2/h3-4,7,9,11,13H,5-6H2,1-2H3. The van der Waals surface area contributed by atoms with E-state index >= 15 is 0 Å². The van der Waals surface area contributed by atoms with E-state index in [2.05, 4.69) is 0 Å². The van der Waals surface area contributed by atoms with Crippen molar-refractivity contribution in [2.75, 3.05) is 6.61 Å². The fourth-order valence-corrected chi connectivity index (χ4v) is 2.69. The number of alkyl halides is 1. The second-order valence-corrected chi connectivity index (χ2v) is 4.91. The number of rotatable bonds is 2. The van der Waals surface area contributed by atoms with Gasteiger partial charge in [-0.25, -0.2) is 4.39 Å². The molecule has 0 radical (unpaired) electrons. The van der Waals surface area contributed by atoms with Crippen molar-refractivity contribution in [1.82, 2.24) is 0 Å². The van der Waals surface area contributed by atoms with E-state index in [1.54, 1.807) is 13.0 Å². The molecular formula is C13H16ClFO. The molecule has 3 heteroatoms. The summed E-state index contributed by atoms with van der Waals surface area (Å²) >= 11 is 6.43. The zero-order valence-corrected chi connectivity index (χ0v) is 10.3. The van der Waals surface area contributed by atoms with Crippen molar-refractivity contribution in [3.05, 3.63) is 35.1 Å². The molecule has 1 aromatic rings. The lowest BCUT2D eigenvalue weighted by atomic mass is 9.92. The summed E-state index contributed by atoms with van der Waals surface area (Å²) < 4.78 is 18.7. The Morgan fingerprint density at radius 3 is 2.81 bits per heavy atom. The third kappa shape index (κ3) is 2.23. The van der Waals surface area contributed by atoms with Crippen molar-refractivity contribution in [3.8, 4) is 0 Å². The van der Waals surface area contributed by atoms with E-state index in [1.807, 2.05) is 13.0 Å². The second kappa shape index (κ2) is 4.72. The lowest BCUT2D eigenvalue weighted by Gasteiger charge is -2.20. The Kier molecular flexibility index (Phi) is 3.50. The molecule has 0 bridgehead atoms. The van der Waals surface area contributed by atoms with Crippen LogP contribution in [0.3, 0.4) is 0 Å². The van der Waals surface area contributed by atoms with Gasteiger partial charge in [0.1, 0.15) is 5.82 Å². The number of halogens is 2. The number of aryl methyl sites for hydroxylation is 1. The molecule has 0 amide bonds. The van der Waals surface area contributed by atoms with Gasteiger partial charge >= 0.3 is 0 Å². The summed E-state index contributed by atoms with van der Waals surface area (Å²) in [7, 11) is 0. The van der Waals surface area contributed by atoms with Crippen molar-refractivity contribution < 1.29 is 9.13 Å². The van der Waals surface area contributed by atoms with Gasteiger partial charge in [0.15, 0.2) is 0 Å². The minimum Gasteiger partial charge on any atom is -0.378 e. The molecule has 1 aromatic carbocycles. The van der Waals surface area contributed by atoms with Crippen molar-refractivity contribution in [3.63, 3.8) is 0 Å². The first-order valence-corrected chi connectivity index (χ1v) is 6.05. The van der Waals surface area contributed by atoms with Gasteiger partial charge < -0.3 is 4.74 Å². The van der Waals surface area contributed by atoms with Crippen molar-refractivity contribution in [1.29, 1.82) is 0 Å². The Balaban J connectivity index is 2.20. The quantitative estimate of drug-likeness (QED) is 0.716. The van der Waals surface area contributed by atoms with Gasteiger partial charge in [0.05, 0.1) is 11.5 Å². The summed E-state index contributed by atoms with van der Waals surface area (Å²) in [5.41, 5.74) is 1.64. The molecule has 1 aliphatic rings. The van der Waals surface area contributed by atoms with Gasteiger partial charge in [-0.2, -0.15) is 0 Å². The monoisotopic (exact) mass is 242 g/mol. The number of ether oxygens (including phenoxy) is 1. The normalized spacial score (nSPS) is 27.0. The molecule has 1 aliphatic heterocycles. The maximum Gasteiger partial charge on any atom is 0.126 e. The van der Waals surface area contributed by atoms with Crippen LogP contribution in [0.5, 0.6) is 0 Å². The number of hydrogen-bond acceptors (Lipinski definition) is 1. The van der Waals surface area contributed by atoms with Gasteiger partial charge in [0.2, 0.25) is 0 Å². The zero-order valence-electron chi connectivity index (χ0n) is 9.54. The highest BCUT2D eigenvalue weighted by molar-refractivity contribution is 6.21. The molecule has 1 nitrogen and oxygen atoms in total. The molecule has 0 saturated carbocycles. The summed E-state index contributed by atoms with van der Waals surface area (Å²) in [6.45, 7) is 4.58. The molecule has 0 N–H and O–H groups in total. The van der Waals surface area contributed by atoms with E-state index in [0.717, 1.165) is 18.6 Å². The largest absolute Gasteiger partial charge is 0.378 e. The summed E-state index contributed by atoms with van der Waals surface area (Å²) in [6, 6.07) is 5.09. The lowest BCUT2D eigenvalue weighted by molar-refractivity contribution is 0.105. The maximum absolute atomic E-state index is 13.1. The van der Waals surface area contributed by atoms with Crippen LogP contribution in [0.1, 0.15) is 29.8 Å². The molecule has 0 spiro atoms. The first-order valence-electron chi connectivity index (χ1n) is 5.61. The van der Waals surface area contributed by atoms with Gasteiger partial charge in [0.25, 0.3) is 0 Å². The summed E-state index contributed by atoms with van der Waals surface area (Å²) in [5, 5.41) is -0.0863. The average molecular weight is 243 g/mol. The minimum atomic E-state index is -0.177. The van der Waals surface area contributed by atoms with Gasteiger partial charge in [0, 0.05) is 12.5 Å². The molecular weight excluding hydrogens is 227 g/mol. The third-order valence-corrected chi connectivity index (χ3v) is 3.89. The summed E-state index contributed by atoms with van der Waals surface area (Å²) in [6.07, 6.45) is 1.17. The second-order valence-electron chi connectivity index (χ2n) is 4.44. The van der Waals surface area contributed by atoms with E-state index < -0.39 is 0 Å². The molecule has 16 heavy (non-hydrogen) atoms. The van der Waals surface area contributed by atoms with E-state index in [9.17, 15) is 4.39 Å². The zero-order chi connectivity index (χ0) is 11.7. The molecule has 3 unspecified atom stereocenters. The van der Waals surface area contributed by atoms with Gasteiger partial charge in [-0.3, -0.25) is 0 Å². The van der Waals surface area contributed by atoms with Crippen molar-refractivity contribution >= 4 is 11.6 Å². The van der Waals surface area contributed by atoms with Crippen LogP contribution in [0.2, 0.25) is 0 Å². The van der Waals surface area contributed by atoms with E-state index in [4.69, 9.17) is 16.3 Å². The fraction of sp³-hybridized carbons (Fsp3) is 0.538. The molecule has 2 rings (SSSR count). The van der Waals surface area contributed by atoms with E-state index in [-0.39, 0.29) is 17.3 Å². The van der Waals surface area contributed by atoms with Gasteiger partial charge in [-0.1, -0.05) is 12.1 Å². The Bertz CT molecular complexity index is 380. The number of hydrogen-bond donors (Lipinski definition) is 0. The van der Waals surface area contributed by atoms with E-state index in [0.29, 0.717) is 11.5 Å². The van der Waals surface area contributed by atoms with Crippen LogP contribution >= 0.6 is 11.6 Å². The van der Waals surface area contributed by atoms with Crippen molar-refractivity contribution in [2.24, 2.45) is 5.92 Å². The lowest BCUT2D eigenvalue weighted by Crippen LogP contribution is -2.16. The van der Waals surface area contributed by atoms with Crippen molar-refractivity contribution in [2.45, 2.75) is 31.7 Å². The van der Waals surface area contributed by atoms with Gasteiger partial charge in [-0.05, 0) is 37.5 Å². The Morgan fingerprint density at radius 1 is 1.50 bits per heavy atom. The molecule has 1 fully saturated rings.